The van der Waals surface area contributed by atoms with Crippen molar-refractivity contribution in [3.8, 4) is 5.75 Å². The molecule has 1 heterocycles. The highest BCUT2D eigenvalue weighted by atomic mass is 31.2. The molecule has 1 atom stereocenters. The molecule has 8 nitrogen and oxygen atoms in total. The van der Waals surface area contributed by atoms with Gasteiger partial charge in [-0.1, -0.05) is 57.9 Å². The van der Waals surface area contributed by atoms with Crippen LogP contribution in [0.5, 0.6) is 5.75 Å². The molecule has 1 aromatic rings. The molecule has 1 aliphatic heterocycles. The third-order valence-electron chi connectivity index (χ3n) is 6.80. The molecule has 1 aromatic carbocycles. The van der Waals surface area contributed by atoms with E-state index < -0.39 is 7.60 Å². The van der Waals surface area contributed by atoms with Gasteiger partial charge >= 0.3 is 7.60 Å². The van der Waals surface area contributed by atoms with E-state index in [0.29, 0.717) is 63.9 Å². The average Bonchev–Trinajstić information content (AvgIpc) is 2.95. The van der Waals surface area contributed by atoms with E-state index in [9.17, 15) is 4.57 Å². The van der Waals surface area contributed by atoms with Gasteiger partial charge < -0.3 is 32.7 Å². The van der Waals surface area contributed by atoms with Crippen molar-refractivity contribution in [3.05, 3.63) is 23.8 Å². The van der Waals surface area contributed by atoms with Crippen molar-refractivity contribution in [2.45, 2.75) is 97.5 Å². The molecule has 0 bridgehead atoms. The maximum Gasteiger partial charge on any atom is 0.365 e. The highest BCUT2D eigenvalue weighted by Crippen LogP contribution is 2.49. The standard InChI is InChI=1S/C31H55O8P/c1-4-7-8-9-10-11-12-13-15-28-17-18-30(31(26-28)40(32,38-5-2)39-6-3)37-27-29-16-14-19-33-20-21-34-22-23-35-24-25-36-29/h17-18,26,29H,4-16,19-25,27H2,1-3H3. The number of benzene rings is 1. The van der Waals surface area contributed by atoms with Gasteiger partial charge in [0.2, 0.25) is 0 Å². The number of hydrogen-bond acceptors (Lipinski definition) is 8. The first-order valence-electron chi connectivity index (χ1n) is 15.6. The molecule has 9 heteroatoms. The van der Waals surface area contributed by atoms with Gasteiger partial charge in [0, 0.05) is 6.61 Å². The van der Waals surface area contributed by atoms with Crippen LogP contribution in [0.4, 0.5) is 0 Å². The predicted molar refractivity (Wildman–Crippen MR) is 160 cm³/mol. The molecule has 1 saturated heterocycles. The molecule has 0 N–H and O–H groups in total. The Kier molecular flexibility index (Phi) is 19.9. The van der Waals surface area contributed by atoms with Crippen LogP contribution >= 0.6 is 7.60 Å². The second-order valence-electron chi connectivity index (χ2n) is 10.1. The lowest BCUT2D eigenvalue weighted by atomic mass is 10.0. The van der Waals surface area contributed by atoms with E-state index in [0.717, 1.165) is 31.2 Å². The lowest BCUT2D eigenvalue weighted by Gasteiger charge is -2.23. The van der Waals surface area contributed by atoms with Gasteiger partial charge in [-0.15, -0.1) is 0 Å². The van der Waals surface area contributed by atoms with Crippen molar-refractivity contribution in [1.29, 1.82) is 0 Å². The molecule has 2 rings (SSSR count). The predicted octanol–water partition coefficient (Wildman–Crippen LogP) is 6.87. The van der Waals surface area contributed by atoms with Crippen LogP contribution in [0.2, 0.25) is 0 Å². The van der Waals surface area contributed by atoms with E-state index in [1.54, 1.807) is 0 Å². The summed E-state index contributed by atoms with van der Waals surface area (Å²) < 4.78 is 54.4. The largest absolute Gasteiger partial charge is 0.490 e. The van der Waals surface area contributed by atoms with Gasteiger partial charge in [0.1, 0.15) is 17.7 Å². The van der Waals surface area contributed by atoms with Gasteiger partial charge in [0.15, 0.2) is 0 Å². The zero-order chi connectivity index (χ0) is 28.7. The van der Waals surface area contributed by atoms with Gasteiger partial charge in [0.05, 0.1) is 59.0 Å². The monoisotopic (exact) mass is 586 g/mol. The zero-order valence-corrected chi connectivity index (χ0v) is 26.3. The lowest BCUT2D eigenvalue weighted by molar-refractivity contribution is -0.0409. The molecular formula is C31H55O8P. The van der Waals surface area contributed by atoms with E-state index >= 15 is 0 Å². The van der Waals surface area contributed by atoms with Gasteiger partial charge in [-0.2, -0.15) is 0 Å². The summed E-state index contributed by atoms with van der Waals surface area (Å²) in [7, 11) is -3.53. The molecule has 40 heavy (non-hydrogen) atoms. The normalized spacial score (nSPS) is 18.3. The van der Waals surface area contributed by atoms with Crippen molar-refractivity contribution in [3.63, 3.8) is 0 Å². The first-order chi connectivity index (χ1) is 19.6. The molecule has 1 unspecified atom stereocenters. The summed E-state index contributed by atoms with van der Waals surface area (Å²) in [4.78, 5) is 0. The topological polar surface area (TPSA) is 81.7 Å². The van der Waals surface area contributed by atoms with Crippen LogP contribution in [0.1, 0.15) is 90.5 Å². The first kappa shape index (κ1) is 35.2. The minimum absolute atomic E-state index is 0.144. The van der Waals surface area contributed by atoms with Crippen LogP contribution in [0.3, 0.4) is 0 Å². The molecule has 0 aliphatic carbocycles. The van der Waals surface area contributed by atoms with Crippen molar-refractivity contribution in [1.82, 2.24) is 0 Å². The van der Waals surface area contributed by atoms with E-state index in [2.05, 4.69) is 13.0 Å². The molecule has 1 aliphatic rings. The fourth-order valence-electron chi connectivity index (χ4n) is 4.66. The van der Waals surface area contributed by atoms with Gasteiger partial charge in [0.25, 0.3) is 0 Å². The second-order valence-corrected chi connectivity index (χ2v) is 12.1. The number of hydrogen-bond donors (Lipinski definition) is 0. The second kappa shape index (κ2) is 22.6. The van der Waals surface area contributed by atoms with Crippen LogP contribution in [-0.2, 0) is 39.0 Å². The van der Waals surface area contributed by atoms with Gasteiger partial charge in [-0.05, 0) is 57.2 Å². The van der Waals surface area contributed by atoms with Crippen LogP contribution < -0.4 is 10.0 Å². The Morgan fingerprint density at radius 2 is 1.38 bits per heavy atom. The number of aryl methyl sites for hydroxylation is 1. The summed E-state index contributed by atoms with van der Waals surface area (Å²) in [5.74, 6) is 0.526. The number of unbranched alkanes of at least 4 members (excludes halogenated alkanes) is 7. The summed E-state index contributed by atoms with van der Waals surface area (Å²) in [6.07, 6.45) is 12.6. The molecule has 0 amide bonds. The lowest BCUT2D eigenvalue weighted by Crippen LogP contribution is -2.26. The minimum atomic E-state index is -3.53. The summed E-state index contributed by atoms with van der Waals surface area (Å²) in [5.41, 5.74) is 1.13. The fourth-order valence-corrected chi connectivity index (χ4v) is 6.43. The van der Waals surface area contributed by atoms with E-state index in [1.165, 1.54) is 44.9 Å². The van der Waals surface area contributed by atoms with E-state index in [4.69, 9.17) is 32.7 Å². The number of rotatable bonds is 17. The van der Waals surface area contributed by atoms with Crippen molar-refractivity contribution < 1.29 is 37.3 Å². The molecule has 1 fully saturated rings. The maximum absolute atomic E-state index is 13.9. The highest BCUT2D eigenvalue weighted by molar-refractivity contribution is 7.62. The Morgan fingerprint density at radius 1 is 0.775 bits per heavy atom. The first-order valence-corrected chi connectivity index (χ1v) is 17.2. The summed E-state index contributed by atoms with van der Waals surface area (Å²) >= 11 is 0. The highest BCUT2D eigenvalue weighted by Gasteiger charge is 2.31. The smallest absolute Gasteiger partial charge is 0.365 e. The van der Waals surface area contributed by atoms with Gasteiger partial charge in [-0.25, -0.2) is 0 Å². The Balaban J connectivity index is 2.04. The van der Waals surface area contributed by atoms with Crippen LogP contribution in [0.15, 0.2) is 18.2 Å². The summed E-state index contributed by atoms with van der Waals surface area (Å²) in [5, 5.41) is 0.501. The zero-order valence-electron chi connectivity index (χ0n) is 25.4. The fraction of sp³-hybridized carbons (Fsp3) is 0.806. The minimum Gasteiger partial charge on any atom is -0.490 e. The third kappa shape index (κ3) is 14.8. The average molecular weight is 587 g/mol. The molecule has 0 spiro atoms. The van der Waals surface area contributed by atoms with Crippen molar-refractivity contribution >= 4 is 12.9 Å². The van der Waals surface area contributed by atoms with Crippen LogP contribution in [0, 0.1) is 0 Å². The van der Waals surface area contributed by atoms with Crippen LogP contribution in [0.25, 0.3) is 0 Å². The summed E-state index contributed by atoms with van der Waals surface area (Å²) in [6, 6.07) is 5.94. The molecule has 232 valence electrons. The Bertz CT molecular complexity index is 782. The Hall–Kier alpha value is -0.990. The van der Waals surface area contributed by atoms with Gasteiger partial charge in [-0.3, -0.25) is 4.57 Å². The molecule has 0 radical (unpaired) electrons. The van der Waals surface area contributed by atoms with E-state index in [1.807, 2.05) is 26.0 Å². The van der Waals surface area contributed by atoms with E-state index in [-0.39, 0.29) is 19.3 Å². The maximum atomic E-state index is 13.9. The van der Waals surface area contributed by atoms with Crippen LogP contribution in [-0.4, -0.2) is 72.2 Å². The quantitative estimate of drug-likeness (QED) is 0.145. The van der Waals surface area contributed by atoms with Crippen molar-refractivity contribution in [2.24, 2.45) is 0 Å². The molecular weight excluding hydrogens is 531 g/mol. The Labute approximate surface area is 243 Å². The molecule has 0 aromatic heterocycles. The molecule has 0 saturated carbocycles. The summed E-state index contributed by atoms with van der Waals surface area (Å²) in [6.45, 7) is 10.6. The Morgan fingerprint density at radius 3 is 2.02 bits per heavy atom. The van der Waals surface area contributed by atoms with Crippen molar-refractivity contribution in [2.75, 3.05) is 66.1 Å². The number of ether oxygens (including phenoxy) is 5. The SMILES string of the molecule is CCCCCCCCCCc1ccc(OCC2CCCOCCOCCOCCO2)c(P(=O)(OCC)OCC)c1. The third-order valence-corrected chi connectivity index (χ3v) is 8.94.